The fourth-order valence-corrected chi connectivity index (χ4v) is 1.93. The summed E-state index contributed by atoms with van der Waals surface area (Å²) < 4.78 is 13.9. The molecule has 2 aromatic rings. The van der Waals surface area contributed by atoms with Gasteiger partial charge in [0.1, 0.15) is 5.82 Å². The Balaban J connectivity index is 0.00000146. The van der Waals surface area contributed by atoms with E-state index in [1.807, 2.05) is 13.8 Å². The van der Waals surface area contributed by atoms with Crippen molar-refractivity contribution in [1.82, 2.24) is 10.3 Å². The molecular formula is C18H27FN4O3. The van der Waals surface area contributed by atoms with E-state index in [1.165, 1.54) is 18.5 Å². The first-order valence-electron chi connectivity index (χ1n) is 8.24. The van der Waals surface area contributed by atoms with E-state index in [2.05, 4.69) is 21.5 Å². The Labute approximate surface area is 153 Å². The van der Waals surface area contributed by atoms with Crippen molar-refractivity contribution in [3.63, 3.8) is 0 Å². The highest BCUT2D eigenvalue weighted by molar-refractivity contribution is 6.00. The van der Waals surface area contributed by atoms with Gasteiger partial charge in [0.05, 0.1) is 23.1 Å². The number of hydrogen-bond donors (Lipinski definition) is 5. The van der Waals surface area contributed by atoms with Gasteiger partial charge in [-0.05, 0) is 37.1 Å². The zero-order valence-corrected chi connectivity index (χ0v) is 15.3. The maximum atomic E-state index is 13.9. The van der Waals surface area contributed by atoms with E-state index in [-0.39, 0.29) is 18.2 Å². The Kier molecular flexibility index (Phi) is 12.4. The van der Waals surface area contributed by atoms with Crippen LogP contribution in [0.15, 0.2) is 36.7 Å². The van der Waals surface area contributed by atoms with Crippen molar-refractivity contribution in [2.24, 2.45) is 5.90 Å². The third kappa shape index (κ3) is 7.56. The molecule has 1 amide bonds. The Morgan fingerprint density at radius 1 is 1.23 bits per heavy atom. The average molecular weight is 366 g/mol. The van der Waals surface area contributed by atoms with Crippen molar-refractivity contribution >= 4 is 17.3 Å². The molecule has 1 aromatic heterocycles. The maximum Gasteiger partial charge on any atom is 0.253 e. The first kappa shape index (κ1) is 23.4. The number of aromatic nitrogens is 1. The fraction of sp³-hybridized carbons (Fsp3) is 0.333. The summed E-state index contributed by atoms with van der Waals surface area (Å²) in [5.41, 5.74) is 1.89. The van der Waals surface area contributed by atoms with Gasteiger partial charge in [0, 0.05) is 19.3 Å². The van der Waals surface area contributed by atoms with E-state index >= 15 is 0 Å². The third-order valence-corrected chi connectivity index (χ3v) is 3.08. The average Bonchev–Trinajstić information content (AvgIpc) is 2.68. The van der Waals surface area contributed by atoms with Crippen LogP contribution in [0.1, 0.15) is 36.2 Å². The number of rotatable bonds is 6. The smallest absolute Gasteiger partial charge is 0.253 e. The minimum absolute atomic E-state index is 0.0102. The molecule has 0 bridgehead atoms. The Bertz CT molecular complexity index is 669. The van der Waals surface area contributed by atoms with Crippen LogP contribution in [0.5, 0.6) is 0 Å². The Morgan fingerprint density at radius 2 is 1.92 bits per heavy atom. The topological polar surface area (TPSA) is 120 Å². The third-order valence-electron chi connectivity index (χ3n) is 3.08. The molecule has 0 radical (unpaired) electrons. The SMILES string of the molecule is CC.Cc1ccc(Nc2cnccc2C(=O)NCCCO)c(F)c1.NO. The van der Waals surface area contributed by atoms with Crippen molar-refractivity contribution in [1.29, 1.82) is 0 Å². The standard InChI is InChI=1S/C16H18FN3O2.C2H6.H3NO/c1-11-3-4-14(13(17)9-11)20-15-10-18-7-5-12(15)16(22)19-6-2-8-21;2*1-2/h3-5,7,9-10,20-21H,2,6,8H2,1H3,(H,19,22);1-2H3;2H,1H2. The molecule has 0 aliphatic rings. The summed E-state index contributed by atoms with van der Waals surface area (Å²) in [6.45, 7) is 6.18. The zero-order chi connectivity index (χ0) is 19.9. The monoisotopic (exact) mass is 366 g/mol. The minimum atomic E-state index is -0.393. The van der Waals surface area contributed by atoms with Gasteiger partial charge >= 0.3 is 0 Å². The zero-order valence-electron chi connectivity index (χ0n) is 15.3. The van der Waals surface area contributed by atoms with Gasteiger partial charge in [0.15, 0.2) is 0 Å². The number of carbonyl (C=O) groups excluding carboxylic acids is 1. The highest BCUT2D eigenvalue weighted by atomic mass is 19.1. The summed E-state index contributed by atoms with van der Waals surface area (Å²) in [4.78, 5) is 16.1. The number of benzene rings is 1. The lowest BCUT2D eigenvalue weighted by atomic mass is 10.1. The molecule has 6 N–H and O–H groups in total. The van der Waals surface area contributed by atoms with E-state index < -0.39 is 5.82 Å². The van der Waals surface area contributed by atoms with Crippen molar-refractivity contribution < 1.29 is 19.5 Å². The summed E-state index contributed by atoms with van der Waals surface area (Å²) in [6.07, 6.45) is 3.45. The molecule has 26 heavy (non-hydrogen) atoms. The highest BCUT2D eigenvalue weighted by Gasteiger charge is 2.12. The number of anilines is 2. The van der Waals surface area contributed by atoms with Crippen LogP contribution in [0.2, 0.25) is 0 Å². The summed E-state index contributed by atoms with van der Waals surface area (Å²) >= 11 is 0. The lowest BCUT2D eigenvalue weighted by Gasteiger charge is -2.12. The van der Waals surface area contributed by atoms with Crippen molar-refractivity contribution in [3.05, 3.63) is 53.6 Å². The summed E-state index contributed by atoms with van der Waals surface area (Å²) in [5, 5.41) is 20.8. The molecule has 0 aliphatic carbocycles. The number of nitrogens with zero attached hydrogens (tertiary/aromatic N) is 1. The molecule has 1 aromatic carbocycles. The molecule has 0 saturated heterocycles. The van der Waals surface area contributed by atoms with Gasteiger partial charge in [0.25, 0.3) is 5.91 Å². The van der Waals surface area contributed by atoms with Crippen molar-refractivity contribution in [3.8, 4) is 0 Å². The quantitative estimate of drug-likeness (QED) is 0.396. The molecule has 144 valence electrons. The van der Waals surface area contributed by atoms with Gasteiger partial charge < -0.3 is 20.9 Å². The molecule has 0 unspecified atom stereocenters. The lowest BCUT2D eigenvalue weighted by molar-refractivity contribution is 0.0952. The van der Waals surface area contributed by atoms with Crippen LogP contribution in [0.3, 0.4) is 0 Å². The highest BCUT2D eigenvalue weighted by Crippen LogP contribution is 2.23. The summed E-state index contributed by atoms with van der Waals surface area (Å²) in [7, 11) is 0. The number of hydrogen-bond acceptors (Lipinski definition) is 6. The number of nitrogens with two attached hydrogens (primary N) is 1. The van der Waals surface area contributed by atoms with Gasteiger partial charge in [-0.15, -0.1) is 0 Å². The fourth-order valence-electron chi connectivity index (χ4n) is 1.93. The second kappa shape index (κ2) is 13.7. The van der Waals surface area contributed by atoms with Gasteiger partial charge in [-0.1, -0.05) is 19.9 Å². The van der Waals surface area contributed by atoms with E-state index in [0.29, 0.717) is 24.2 Å². The molecule has 0 fully saturated rings. The number of carbonyl (C=O) groups is 1. The Morgan fingerprint density at radius 3 is 2.54 bits per heavy atom. The molecule has 1 heterocycles. The predicted molar refractivity (Wildman–Crippen MR) is 100 cm³/mol. The van der Waals surface area contributed by atoms with Crippen LogP contribution in [-0.2, 0) is 0 Å². The van der Waals surface area contributed by atoms with Crippen molar-refractivity contribution in [2.45, 2.75) is 27.2 Å². The van der Waals surface area contributed by atoms with E-state index in [4.69, 9.17) is 10.3 Å². The number of pyridine rings is 1. The first-order chi connectivity index (χ1) is 12.6. The van der Waals surface area contributed by atoms with Crippen LogP contribution in [0.4, 0.5) is 15.8 Å². The van der Waals surface area contributed by atoms with Crippen LogP contribution < -0.4 is 16.5 Å². The van der Waals surface area contributed by atoms with Crippen LogP contribution >= 0.6 is 0 Å². The molecule has 0 saturated carbocycles. The first-order valence-corrected chi connectivity index (χ1v) is 8.24. The molecule has 0 atom stereocenters. The second-order valence-electron chi connectivity index (χ2n) is 4.86. The number of halogens is 1. The number of aryl methyl sites for hydroxylation is 1. The van der Waals surface area contributed by atoms with E-state index in [1.54, 1.807) is 25.1 Å². The van der Waals surface area contributed by atoms with Gasteiger partial charge in [-0.25, -0.2) is 10.3 Å². The Hall–Kier alpha value is -2.55. The molecule has 2 rings (SSSR count). The molecule has 7 nitrogen and oxygen atoms in total. The van der Waals surface area contributed by atoms with Crippen LogP contribution in [-0.4, -0.2) is 34.4 Å². The summed E-state index contributed by atoms with van der Waals surface area (Å²) in [6, 6.07) is 6.37. The van der Waals surface area contributed by atoms with Gasteiger partial charge in [-0.2, -0.15) is 0 Å². The normalized spacial score (nSPS) is 9.19. The molecule has 0 aliphatic heterocycles. The van der Waals surface area contributed by atoms with Crippen LogP contribution in [0.25, 0.3) is 0 Å². The van der Waals surface area contributed by atoms with Crippen molar-refractivity contribution in [2.75, 3.05) is 18.5 Å². The predicted octanol–water partition coefficient (Wildman–Crippen LogP) is 2.75. The van der Waals surface area contributed by atoms with Crippen LogP contribution in [0, 0.1) is 12.7 Å². The molecule has 0 spiro atoms. The second-order valence-corrected chi connectivity index (χ2v) is 4.86. The largest absolute Gasteiger partial charge is 0.396 e. The number of aliphatic hydroxyl groups excluding tert-OH is 1. The van der Waals surface area contributed by atoms with Gasteiger partial charge in [0.2, 0.25) is 0 Å². The number of nitrogens with one attached hydrogen (secondary N) is 2. The number of amides is 1. The van der Waals surface area contributed by atoms with E-state index in [0.717, 1.165) is 5.56 Å². The minimum Gasteiger partial charge on any atom is -0.396 e. The molecular weight excluding hydrogens is 339 g/mol. The molecule has 8 heteroatoms. The van der Waals surface area contributed by atoms with Gasteiger partial charge in [-0.3, -0.25) is 9.78 Å². The van der Waals surface area contributed by atoms with E-state index in [9.17, 15) is 9.18 Å². The lowest BCUT2D eigenvalue weighted by Crippen LogP contribution is -2.25. The summed E-state index contributed by atoms with van der Waals surface area (Å²) in [5.74, 6) is 2.81. The number of aliphatic hydroxyl groups is 1. The maximum absolute atomic E-state index is 13.9.